The van der Waals surface area contributed by atoms with Gasteiger partial charge in [0.2, 0.25) is 5.95 Å². The van der Waals surface area contributed by atoms with Crippen LogP contribution < -0.4 is 5.73 Å². The van der Waals surface area contributed by atoms with E-state index in [1.54, 1.807) is 0 Å². The lowest BCUT2D eigenvalue weighted by molar-refractivity contribution is -0.146. The van der Waals surface area contributed by atoms with Gasteiger partial charge < -0.3 is 10.5 Å². The minimum Gasteiger partial charge on any atom is -0.458 e. The van der Waals surface area contributed by atoms with Crippen molar-refractivity contribution in [2.45, 2.75) is 13.2 Å². The van der Waals surface area contributed by atoms with Crippen molar-refractivity contribution in [3.05, 3.63) is 29.8 Å². The summed E-state index contributed by atoms with van der Waals surface area (Å²) in [5.41, 5.74) is 6.05. The standard InChI is InChI=1S/C10H10N6O2S/c11-9-12-6-16(14-9)4-8(17)18-5-7-3-15-1-2-19-10(15)13-7/h1-3,6H,4-5H2,(H2,11,14). The first-order chi connectivity index (χ1) is 9.20. The zero-order chi connectivity index (χ0) is 13.2. The molecule has 0 spiro atoms. The maximum absolute atomic E-state index is 11.6. The zero-order valence-electron chi connectivity index (χ0n) is 9.76. The molecule has 3 aromatic rings. The normalized spacial score (nSPS) is 10.9. The summed E-state index contributed by atoms with van der Waals surface area (Å²) in [5, 5.41) is 5.73. The third-order valence-electron chi connectivity index (χ3n) is 2.37. The van der Waals surface area contributed by atoms with Crippen LogP contribution in [0.3, 0.4) is 0 Å². The molecule has 0 saturated heterocycles. The summed E-state index contributed by atoms with van der Waals surface area (Å²) in [7, 11) is 0. The van der Waals surface area contributed by atoms with Crippen molar-refractivity contribution in [3.8, 4) is 0 Å². The van der Waals surface area contributed by atoms with Crippen LogP contribution in [0.25, 0.3) is 4.96 Å². The van der Waals surface area contributed by atoms with E-state index in [9.17, 15) is 4.79 Å². The molecule has 19 heavy (non-hydrogen) atoms. The van der Waals surface area contributed by atoms with Gasteiger partial charge in [-0.2, -0.15) is 0 Å². The molecule has 3 heterocycles. The molecule has 98 valence electrons. The van der Waals surface area contributed by atoms with Crippen molar-refractivity contribution < 1.29 is 9.53 Å². The fourth-order valence-corrected chi connectivity index (χ4v) is 2.28. The van der Waals surface area contributed by atoms with Crippen LogP contribution in [0.4, 0.5) is 5.95 Å². The van der Waals surface area contributed by atoms with E-state index in [1.165, 1.54) is 22.3 Å². The summed E-state index contributed by atoms with van der Waals surface area (Å²) < 4.78 is 8.30. The van der Waals surface area contributed by atoms with Crippen molar-refractivity contribution >= 4 is 28.2 Å². The minimum atomic E-state index is -0.416. The Balaban J connectivity index is 1.57. The number of imidazole rings is 1. The number of fused-ring (bicyclic) bond motifs is 1. The molecule has 0 fully saturated rings. The van der Waals surface area contributed by atoms with E-state index in [0.717, 1.165) is 4.96 Å². The first-order valence-electron chi connectivity index (χ1n) is 5.42. The highest BCUT2D eigenvalue weighted by Crippen LogP contribution is 2.11. The van der Waals surface area contributed by atoms with Crippen LogP contribution in [0.1, 0.15) is 5.69 Å². The smallest absolute Gasteiger partial charge is 0.328 e. The molecular weight excluding hydrogens is 268 g/mol. The summed E-state index contributed by atoms with van der Waals surface area (Å²) in [6, 6.07) is 0. The van der Waals surface area contributed by atoms with E-state index in [2.05, 4.69) is 15.1 Å². The number of carbonyl (C=O) groups is 1. The summed E-state index contributed by atoms with van der Waals surface area (Å²) in [6.45, 7) is 0.115. The van der Waals surface area contributed by atoms with Gasteiger partial charge in [-0.15, -0.1) is 16.4 Å². The van der Waals surface area contributed by atoms with Crippen LogP contribution in [-0.4, -0.2) is 30.1 Å². The molecular formula is C10H10N6O2S. The number of carbonyl (C=O) groups excluding carboxylic acids is 1. The lowest BCUT2D eigenvalue weighted by Crippen LogP contribution is -2.14. The number of ether oxygens (including phenoxy) is 1. The number of nitrogens with zero attached hydrogens (tertiary/aromatic N) is 5. The number of anilines is 1. The third kappa shape index (κ3) is 2.55. The summed E-state index contributed by atoms with van der Waals surface area (Å²) >= 11 is 1.52. The van der Waals surface area contributed by atoms with Gasteiger partial charge in [0.15, 0.2) is 4.96 Å². The minimum absolute atomic E-state index is 0.0214. The predicted molar refractivity (Wildman–Crippen MR) is 67.3 cm³/mol. The molecule has 0 aliphatic heterocycles. The maximum atomic E-state index is 11.6. The number of rotatable bonds is 4. The molecule has 3 aromatic heterocycles. The summed E-state index contributed by atoms with van der Waals surface area (Å²) in [6.07, 6.45) is 5.10. The van der Waals surface area contributed by atoms with Gasteiger partial charge in [0.05, 0.1) is 5.69 Å². The van der Waals surface area contributed by atoms with Crippen LogP contribution in [0.5, 0.6) is 0 Å². The number of aromatic nitrogens is 5. The van der Waals surface area contributed by atoms with E-state index >= 15 is 0 Å². The molecule has 9 heteroatoms. The van der Waals surface area contributed by atoms with E-state index in [4.69, 9.17) is 10.5 Å². The average molecular weight is 278 g/mol. The average Bonchev–Trinajstić information content (AvgIpc) is 3.02. The zero-order valence-corrected chi connectivity index (χ0v) is 10.6. The molecule has 8 nitrogen and oxygen atoms in total. The van der Waals surface area contributed by atoms with E-state index in [0.29, 0.717) is 5.69 Å². The highest BCUT2D eigenvalue weighted by atomic mass is 32.1. The van der Waals surface area contributed by atoms with Gasteiger partial charge in [-0.3, -0.25) is 9.20 Å². The highest BCUT2D eigenvalue weighted by Gasteiger charge is 2.08. The van der Waals surface area contributed by atoms with Gasteiger partial charge in [0.25, 0.3) is 0 Å². The van der Waals surface area contributed by atoms with Gasteiger partial charge >= 0.3 is 5.97 Å². The largest absolute Gasteiger partial charge is 0.458 e. The lowest BCUT2D eigenvalue weighted by Gasteiger charge is -2.02. The van der Waals surface area contributed by atoms with Crippen molar-refractivity contribution in [2.75, 3.05) is 5.73 Å². The second-order valence-electron chi connectivity index (χ2n) is 3.79. The predicted octanol–water partition coefficient (Wildman–Crippen LogP) is 0.313. The summed E-state index contributed by atoms with van der Waals surface area (Å²) in [5.74, 6) is -0.289. The molecule has 0 unspecified atom stereocenters. The molecule has 2 N–H and O–H groups in total. The van der Waals surface area contributed by atoms with Gasteiger partial charge in [-0.05, 0) is 0 Å². The van der Waals surface area contributed by atoms with Crippen LogP contribution in [-0.2, 0) is 22.7 Å². The number of esters is 1. The van der Waals surface area contributed by atoms with Crippen molar-refractivity contribution in [1.29, 1.82) is 0 Å². The highest BCUT2D eigenvalue weighted by molar-refractivity contribution is 7.15. The monoisotopic (exact) mass is 278 g/mol. The Morgan fingerprint density at radius 1 is 1.53 bits per heavy atom. The third-order valence-corrected chi connectivity index (χ3v) is 3.14. The van der Waals surface area contributed by atoms with Crippen LogP contribution >= 0.6 is 11.3 Å². The number of hydrogen-bond donors (Lipinski definition) is 1. The number of nitrogens with two attached hydrogens (primary N) is 1. The topological polar surface area (TPSA) is 100 Å². The van der Waals surface area contributed by atoms with Crippen LogP contribution in [0.2, 0.25) is 0 Å². The molecule has 0 amide bonds. The van der Waals surface area contributed by atoms with Gasteiger partial charge in [-0.1, -0.05) is 0 Å². The first kappa shape index (κ1) is 11.7. The van der Waals surface area contributed by atoms with Gasteiger partial charge in [-0.25, -0.2) is 14.6 Å². The van der Waals surface area contributed by atoms with E-state index in [-0.39, 0.29) is 19.1 Å². The molecule has 0 aliphatic rings. The van der Waals surface area contributed by atoms with Gasteiger partial charge in [0.1, 0.15) is 19.5 Å². The van der Waals surface area contributed by atoms with Crippen molar-refractivity contribution in [2.24, 2.45) is 0 Å². The maximum Gasteiger partial charge on any atom is 0.328 e. The Morgan fingerprint density at radius 2 is 2.42 bits per heavy atom. The fourth-order valence-electron chi connectivity index (χ4n) is 1.56. The molecule has 0 aromatic carbocycles. The van der Waals surface area contributed by atoms with Gasteiger partial charge in [0, 0.05) is 17.8 Å². The molecule has 0 radical (unpaired) electrons. The summed E-state index contributed by atoms with van der Waals surface area (Å²) in [4.78, 5) is 20.5. The molecule has 0 bridgehead atoms. The Hall–Kier alpha value is -2.42. The van der Waals surface area contributed by atoms with E-state index < -0.39 is 5.97 Å². The molecule has 0 atom stereocenters. The number of hydrogen-bond acceptors (Lipinski definition) is 7. The van der Waals surface area contributed by atoms with Crippen molar-refractivity contribution in [3.63, 3.8) is 0 Å². The Bertz CT molecular complexity index is 686. The quantitative estimate of drug-likeness (QED) is 0.689. The Morgan fingerprint density at radius 3 is 3.16 bits per heavy atom. The second kappa shape index (κ2) is 4.69. The number of nitrogen functional groups attached to an aromatic ring is 1. The molecule has 0 saturated carbocycles. The van der Waals surface area contributed by atoms with Crippen LogP contribution in [0, 0.1) is 0 Å². The Kier molecular flexibility index (Phi) is 2.88. The lowest BCUT2D eigenvalue weighted by atomic mass is 10.5. The fraction of sp³-hybridized carbons (Fsp3) is 0.200. The SMILES string of the molecule is Nc1ncn(CC(=O)OCc2cn3ccsc3n2)n1. The van der Waals surface area contributed by atoms with Crippen LogP contribution in [0.15, 0.2) is 24.1 Å². The molecule has 3 rings (SSSR count). The first-order valence-corrected chi connectivity index (χ1v) is 6.30. The molecule has 0 aliphatic carbocycles. The number of thiazole rings is 1. The Labute approximate surface area is 111 Å². The van der Waals surface area contributed by atoms with Crippen molar-refractivity contribution in [1.82, 2.24) is 24.1 Å². The second-order valence-corrected chi connectivity index (χ2v) is 4.66. The van der Waals surface area contributed by atoms with E-state index in [1.807, 2.05) is 22.2 Å².